The molecule has 3 aromatic rings. The van der Waals surface area contributed by atoms with Crippen molar-refractivity contribution in [2.45, 2.75) is 116 Å². The number of hydrogen-bond acceptors (Lipinski definition) is 11. The van der Waals surface area contributed by atoms with E-state index in [-0.39, 0.29) is 65.2 Å². The van der Waals surface area contributed by atoms with E-state index >= 15 is 0 Å². The number of anilines is 1. The number of hydrogen-bond donors (Lipinski definition) is 5. The lowest BCUT2D eigenvalue weighted by Crippen LogP contribution is -2.43. The van der Waals surface area contributed by atoms with Gasteiger partial charge in [0.15, 0.2) is 17.2 Å². The highest BCUT2D eigenvalue weighted by atomic mass is 32.2. The van der Waals surface area contributed by atoms with E-state index in [0.29, 0.717) is 62.1 Å². The predicted octanol–water partition coefficient (Wildman–Crippen LogP) is 9.68. The Hall–Kier alpha value is -5.24. The summed E-state index contributed by atoms with van der Waals surface area (Å²) >= 11 is 1.66. The molecule has 1 amide bonds. The Morgan fingerprint density at radius 3 is 2.24 bits per heavy atom. The molecule has 3 aromatic carbocycles. The number of likely N-dealkylation sites (N-methyl/N-ethyl adjacent to an activating group) is 1. The number of allylic oxidation sites excluding steroid dienone is 7. The smallest absolute Gasteiger partial charge is 0.306 e. The number of quaternary nitrogens is 1. The summed E-state index contributed by atoms with van der Waals surface area (Å²) in [5.41, 5.74) is 9.47. The Bertz CT molecular complexity index is 2960. The van der Waals surface area contributed by atoms with Gasteiger partial charge in [-0.25, -0.2) is 0 Å². The lowest BCUT2D eigenvalue weighted by Gasteiger charge is -2.29. The van der Waals surface area contributed by atoms with E-state index in [9.17, 15) is 41.2 Å². The number of nitrogens with one attached hydrogen (secondary N) is 1. The first-order chi connectivity index (χ1) is 35.9. The van der Waals surface area contributed by atoms with Crippen molar-refractivity contribution in [3.8, 4) is 11.5 Å². The van der Waals surface area contributed by atoms with Gasteiger partial charge in [0.2, 0.25) is 11.6 Å². The zero-order valence-electron chi connectivity index (χ0n) is 45.2. The normalized spacial score (nSPS) is 17.5. The Morgan fingerprint density at radius 1 is 0.789 bits per heavy atom. The molecule has 0 unspecified atom stereocenters. The molecule has 15 nitrogen and oxygen atoms in total. The summed E-state index contributed by atoms with van der Waals surface area (Å²) in [6.07, 6.45) is 16.4. The fourth-order valence-electron chi connectivity index (χ4n) is 10.5. The average Bonchev–Trinajstić information content (AvgIpc) is 3.69. The van der Waals surface area contributed by atoms with Gasteiger partial charge in [0.1, 0.15) is 19.7 Å². The summed E-state index contributed by atoms with van der Waals surface area (Å²) in [7, 11) is -4.26. The molecule has 0 bridgehead atoms. The van der Waals surface area contributed by atoms with Crippen molar-refractivity contribution in [1.29, 1.82) is 0 Å². The number of thioether (sulfide) groups is 1. The van der Waals surface area contributed by atoms with Crippen LogP contribution in [0.1, 0.15) is 115 Å². The fourth-order valence-corrected chi connectivity index (χ4v) is 12.7. The van der Waals surface area contributed by atoms with E-state index in [1.807, 2.05) is 26.2 Å². The molecule has 3 aliphatic rings. The lowest BCUT2D eigenvalue weighted by atomic mass is 9.81. The highest BCUT2D eigenvalue weighted by molar-refractivity contribution is 8.03. The first kappa shape index (κ1) is 60.0. The number of fused-ring (bicyclic) bond motifs is 2. The standard InChI is InChI=1S/C58H78N4O11S3/c1-57(2)46-20-9-11-22-48(46)60(34-13-7-8-24-54(65)59-33-31-43-25-28-50(63)51(64)42-43)52(57)29-26-44-18-16-19-45(56(44)74-39-32-55(66)73-38-37-62(5,6)36-17-41-76(70,71)72)27-30-53-58(3,4)47-21-10-12-23-49(47)61(53)35-14-15-40-75(67,68)69/h9-12,20-23,25-30,42H,7-8,13-19,24,31-41H2,1-6H3,(H3-2,59,63,64,65,67,68,69,70,71,72)/p+2. The summed E-state index contributed by atoms with van der Waals surface area (Å²) in [5.74, 6) is -0.797. The van der Waals surface area contributed by atoms with E-state index in [2.05, 4.69) is 103 Å². The minimum atomic E-state index is -4.07. The van der Waals surface area contributed by atoms with Crippen molar-refractivity contribution in [2.24, 2.45) is 0 Å². The van der Waals surface area contributed by atoms with E-state index in [1.165, 1.54) is 45.8 Å². The molecular formula is C58H80N4O11S3+2. The molecule has 0 fully saturated rings. The maximum absolute atomic E-state index is 13.2. The van der Waals surface area contributed by atoms with Crippen LogP contribution in [-0.4, -0.2) is 133 Å². The number of para-hydroxylation sites is 2. The number of amides is 1. The van der Waals surface area contributed by atoms with Crippen molar-refractivity contribution in [2.75, 3.05) is 75.6 Å². The number of aromatic hydroxyl groups is 2. The van der Waals surface area contributed by atoms with Gasteiger partial charge in [0, 0.05) is 77.5 Å². The van der Waals surface area contributed by atoms with Gasteiger partial charge in [-0.05, 0) is 112 Å². The van der Waals surface area contributed by atoms with Gasteiger partial charge in [-0.3, -0.25) is 18.7 Å². The number of rotatable bonds is 28. The molecule has 0 spiro atoms. The van der Waals surface area contributed by atoms with Crippen molar-refractivity contribution >= 4 is 61.0 Å². The molecule has 2 heterocycles. The number of ether oxygens (including phenoxy) is 1. The van der Waals surface area contributed by atoms with Crippen LogP contribution in [0, 0.1) is 0 Å². The number of carbonyl (C=O) groups is 2. The molecule has 0 aromatic heterocycles. The van der Waals surface area contributed by atoms with Crippen LogP contribution in [-0.2, 0) is 51.8 Å². The van der Waals surface area contributed by atoms with Crippen LogP contribution in [0.5, 0.6) is 11.5 Å². The summed E-state index contributed by atoms with van der Waals surface area (Å²) in [5, 5.41) is 22.4. The number of benzene rings is 3. The van der Waals surface area contributed by atoms with Crippen LogP contribution >= 0.6 is 11.8 Å². The van der Waals surface area contributed by atoms with Crippen molar-refractivity contribution in [3.63, 3.8) is 0 Å². The molecule has 2 aliphatic heterocycles. The molecule has 414 valence electrons. The molecular weight excluding hydrogens is 1020 g/mol. The molecule has 0 atom stereocenters. The van der Waals surface area contributed by atoms with Gasteiger partial charge in [-0.1, -0.05) is 68.5 Å². The van der Waals surface area contributed by atoms with Gasteiger partial charge in [0.05, 0.1) is 44.0 Å². The number of carbonyl (C=O) groups excluding carboxylic acids is 2. The van der Waals surface area contributed by atoms with E-state index in [0.717, 1.165) is 66.9 Å². The maximum atomic E-state index is 13.2. The molecule has 0 saturated carbocycles. The van der Waals surface area contributed by atoms with E-state index in [1.54, 1.807) is 17.8 Å². The first-order valence-electron chi connectivity index (χ1n) is 26.6. The highest BCUT2D eigenvalue weighted by Crippen LogP contribution is 2.48. The van der Waals surface area contributed by atoms with Gasteiger partial charge >= 0.3 is 5.97 Å². The van der Waals surface area contributed by atoms with Crippen LogP contribution in [0.25, 0.3) is 0 Å². The Kier molecular flexibility index (Phi) is 20.8. The largest absolute Gasteiger partial charge is 0.504 e. The van der Waals surface area contributed by atoms with Crippen LogP contribution in [0.4, 0.5) is 11.4 Å². The molecule has 0 radical (unpaired) electrons. The molecule has 5 N–H and O–H groups in total. The van der Waals surface area contributed by atoms with Crippen molar-refractivity contribution in [3.05, 3.63) is 129 Å². The minimum Gasteiger partial charge on any atom is -0.504 e. The Morgan fingerprint density at radius 2 is 1.50 bits per heavy atom. The second-order valence-corrected chi connectivity index (χ2v) is 26.1. The topological polar surface area (TPSA) is 211 Å². The zero-order chi connectivity index (χ0) is 55.3. The molecule has 6 rings (SSSR count). The van der Waals surface area contributed by atoms with Crippen molar-refractivity contribution < 1.29 is 59.5 Å². The van der Waals surface area contributed by atoms with Crippen LogP contribution in [0.15, 0.2) is 113 Å². The van der Waals surface area contributed by atoms with Crippen LogP contribution < -0.4 is 10.2 Å². The second kappa shape index (κ2) is 26.4. The summed E-state index contributed by atoms with van der Waals surface area (Å²) < 4.78 is 72.8. The van der Waals surface area contributed by atoms with E-state index < -0.39 is 20.2 Å². The number of esters is 1. The number of nitrogens with zero attached hydrogens (tertiary/aromatic N) is 3. The van der Waals surface area contributed by atoms with Crippen molar-refractivity contribution in [1.82, 2.24) is 5.32 Å². The number of unbranched alkanes of at least 4 members (excludes halogenated alkanes) is 3. The average molecular weight is 1110 g/mol. The third-order valence-corrected chi connectivity index (χ3v) is 17.6. The predicted molar refractivity (Wildman–Crippen MR) is 304 cm³/mol. The Balaban J connectivity index is 1.22. The van der Waals surface area contributed by atoms with E-state index in [4.69, 9.17) is 9.29 Å². The minimum absolute atomic E-state index is 0.0165. The third-order valence-electron chi connectivity index (χ3n) is 14.7. The summed E-state index contributed by atoms with van der Waals surface area (Å²) in [6.45, 7) is 11.9. The van der Waals surface area contributed by atoms with Crippen LogP contribution in [0.2, 0.25) is 0 Å². The first-order valence-corrected chi connectivity index (χ1v) is 30.8. The molecule has 18 heteroatoms. The number of phenolic OH excluding ortho intramolecular Hbond substituents is 2. The second-order valence-electron chi connectivity index (χ2n) is 21.8. The third kappa shape index (κ3) is 16.9. The molecule has 0 saturated heterocycles. The summed E-state index contributed by atoms with van der Waals surface area (Å²) in [6, 6.07) is 21.5. The van der Waals surface area contributed by atoms with Gasteiger partial charge in [-0.2, -0.15) is 21.4 Å². The molecule has 1 aliphatic carbocycles. The Labute approximate surface area is 455 Å². The SMILES string of the molecule is CC1(C)C(/C=C/C2=C(SCCC(=O)OCC[N+](C)(C)CCCS(=O)(=O)O)C(=C/C=C3/N(CCCCS(=O)(=O)O)c4ccccc4C3(C)C)/CCC2)=[N+](CCCCCC(=O)NCCc2ccc(O)c(O)c2)c2ccccc21. The number of phenols is 2. The monoisotopic (exact) mass is 1100 g/mol. The lowest BCUT2D eigenvalue weighted by molar-refractivity contribution is -0.890. The summed E-state index contributed by atoms with van der Waals surface area (Å²) in [4.78, 5) is 29.4. The van der Waals surface area contributed by atoms with Gasteiger partial charge < -0.3 is 29.6 Å². The zero-order valence-corrected chi connectivity index (χ0v) is 47.7. The fraction of sp³-hybridized carbons (Fsp3) is 0.500. The van der Waals surface area contributed by atoms with Crippen LogP contribution in [0.3, 0.4) is 0 Å². The maximum Gasteiger partial charge on any atom is 0.306 e. The quantitative estimate of drug-likeness (QED) is 0.0115. The highest BCUT2D eigenvalue weighted by Gasteiger charge is 2.44. The molecule has 76 heavy (non-hydrogen) atoms. The van der Waals surface area contributed by atoms with Gasteiger partial charge in [0.25, 0.3) is 20.2 Å². The van der Waals surface area contributed by atoms with Gasteiger partial charge in [-0.15, -0.1) is 11.8 Å².